The highest BCUT2D eigenvalue weighted by molar-refractivity contribution is 9.10. The Morgan fingerprint density at radius 3 is 2.64 bits per heavy atom. The summed E-state index contributed by atoms with van der Waals surface area (Å²) in [6.45, 7) is -0.167. The van der Waals surface area contributed by atoms with Crippen LogP contribution in [0.5, 0.6) is 5.75 Å². The molecule has 0 radical (unpaired) electrons. The molecule has 2 nitrogen and oxygen atoms in total. The molecule has 0 atom stereocenters. The van der Waals surface area contributed by atoms with Gasteiger partial charge in [0.2, 0.25) is 0 Å². The summed E-state index contributed by atoms with van der Waals surface area (Å²) in [5.41, 5.74) is 0.521. The predicted molar refractivity (Wildman–Crippen MR) is 46.7 cm³/mol. The van der Waals surface area contributed by atoms with Gasteiger partial charge in [0.25, 0.3) is 0 Å². The monoisotopic (exact) mass is 236 g/mol. The molecule has 1 aromatic rings. The normalized spacial score (nSPS) is 10.1. The first kappa shape index (κ1) is 8.84. The molecule has 0 fully saturated rings. The smallest absolute Gasteiger partial charge is 0.148 e. The molecule has 1 aromatic carbocycles. The minimum Gasteiger partial charge on any atom is -0.505 e. The summed E-state index contributed by atoms with van der Waals surface area (Å²) in [5.74, 6) is -0.0294. The molecule has 0 spiro atoms. The molecule has 2 N–H and O–H groups in total. The van der Waals surface area contributed by atoms with Crippen molar-refractivity contribution >= 4 is 27.5 Å². The Labute approximate surface area is 77.6 Å². The lowest BCUT2D eigenvalue weighted by Gasteiger charge is -2.03. The first-order valence-electron chi connectivity index (χ1n) is 2.93. The molecule has 60 valence electrons. The van der Waals surface area contributed by atoms with E-state index in [-0.39, 0.29) is 17.4 Å². The number of hydrogen-bond acceptors (Lipinski definition) is 2. The topological polar surface area (TPSA) is 40.5 Å². The van der Waals surface area contributed by atoms with Crippen molar-refractivity contribution in [3.63, 3.8) is 0 Å². The van der Waals surface area contributed by atoms with E-state index in [0.717, 1.165) is 0 Å². The van der Waals surface area contributed by atoms with Crippen molar-refractivity contribution in [1.29, 1.82) is 0 Å². The third-order valence-electron chi connectivity index (χ3n) is 1.32. The molecular formula is C7H6BrClO2. The van der Waals surface area contributed by atoms with Gasteiger partial charge in [-0.25, -0.2) is 0 Å². The van der Waals surface area contributed by atoms with Crippen LogP contribution in [0.25, 0.3) is 0 Å². The fourth-order valence-corrected chi connectivity index (χ4v) is 1.37. The fourth-order valence-electron chi connectivity index (χ4n) is 0.705. The Morgan fingerprint density at radius 2 is 2.09 bits per heavy atom. The van der Waals surface area contributed by atoms with Crippen LogP contribution < -0.4 is 0 Å². The van der Waals surface area contributed by atoms with Gasteiger partial charge in [-0.1, -0.05) is 17.7 Å². The van der Waals surface area contributed by atoms with Crippen LogP contribution in [0.15, 0.2) is 16.6 Å². The van der Waals surface area contributed by atoms with E-state index in [9.17, 15) is 5.11 Å². The zero-order chi connectivity index (χ0) is 8.43. The average Bonchev–Trinajstić information content (AvgIpc) is 2.01. The van der Waals surface area contributed by atoms with Gasteiger partial charge in [0, 0.05) is 0 Å². The van der Waals surface area contributed by atoms with E-state index in [0.29, 0.717) is 10.0 Å². The highest BCUT2D eigenvalue weighted by atomic mass is 79.9. The number of rotatable bonds is 1. The molecule has 0 aliphatic carbocycles. The number of aromatic hydroxyl groups is 1. The summed E-state index contributed by atoms with van der Waals surface area (Å²) < 4.78 is 0.528. The maximum Gasteiger partial charge on any atom is 0.148 e. The number of benzene rings is 1. The van der Waals surface area contributed by atoms with Gasteiger partial charge in [-0.2, -0.15) is 0 Å². The fraction of sp³-hybridized carbons (Fsp3) is 0.143. The van der Waals surface area contributed by atoms with Gasteiger partial charge >= 0.3 is 0 Å². The van der Waals surface area contributed by atoms with Gasteiger partial charge in [0.1, 0.15) is 5.75 Å². The number of hydrogen-bond donors (Lipinski definition) is 2. The Bertz CT molecular complexity index is 275. The first-order valence-corrected chi connectivity index (χ1v) is 4.10. The third kappa shape index (κ3) is 1.67. The highest BCUT2D eigenvalue weighted by Gasteiger charge is 2.07. The molecule has 0 amide bonds. The minimum absolute atomic E-state index is 0.0294. The van der Waals surface area contributed by atoms with Crippen LogP contribution in [0.2, 0.25) is 5.02 Å². The van der Waals surface area contributed by atoms with Gasteiger partial charge < -0.3 is 10.2 Å². The van der Waals surface area contributed by atoms with E-state index < -0.39 is 0 Å². The van der Waals surface area contributed by atoms with Crippen molar-refractivity contribution in [1.82, 2.24) is 0 Å². The molecule has 0 bridgehead atoms. The second-order valence-electron chi connectivity index (χ2n) is 2.03. The van der Waals surface area contributed by atoms with Crippen molar-refractivity contribution in [2.75, 3.05) is 0 Å². The van der Waals surface area contributed by atoms with E-state index in [4.69, 9.17) is 16.7 Å². The number of phenolic OH excluding ortho intramolecular Hbond substituents is 1. The van der Waals surface area contributed by atoms with Crippen molar-refractivity contribution < 1.29 is 10.2 Å². The first-order chi connectivity index (χ1) is 5.16. The SMILES string of the molecule is OCc1ccc(Br)c(O)c1Cl. The van der Waals surface area contributed by atoms with Gasteiger partial charge in [-0.15, -0.1) is 0 Å². The van der Waals surface area contributed by atoms with Crippen LogP contribution in [0.4, 0.5) is 0 Å². The van der Waals surface area contributed by atoms with Crippen LogP contribution in [-0.2, 0) is 6.61 Å². The Morgan fingerprint density at radius 1 is 1.45 bits per heavy atom. The van der Waals surface area contributed by atoms with Crippen LogP contribution in [0.3, 0.4) is 0 Å². The zero-order valence-electron chi connectivity index (χ0n) is 5.51. The molecule has 0 unspecified atom stereocenters. The molecule has 0 aromatic heterocycles. The minimum atomic E-state index is -0.167. The van der Waals surface area contributed by atoms with E-state index in [1.807, 2.05) is 0 Å². The van der Waals surface area contributed by atoms with Gasteiger partial charge in [0.15, 0.2) is 0 Å². The zero-order valence-corrected chi connectivity index (χ0v) is 7.85. The average molecular weight is 237 g/mol. The number of halogens is 2. The van der Waals surface area contributed by atoms with Crippen molar-refractivity contribution in [3.8, 4) is 5.75 Å². The molecule has 0 aliphatic heterocycles. The van der Waals surface area contributed by atoms with E-state index in [1.54, 1.807) is 12.1 Å². The molecule has 4 heteroatoms. The summed E-state index contributed by atoms with van der Waals surface area (Å²) in [4.78, 5) is 0. The van der Waals surface area contributed by atoms with Crippen molar-refractivity contribution in [2.24, 2.45) is 0 Å². The Hall–Kier alpha value is -0.250. The van der Waals surface area contributed by atoms with Crippen LogP contribution >= 0.6 is 27.5 Å². The molecule has 0 saturated heterocycles. The standard InChI is InChI=1S/C7H6BrClO2/c8-5-2-1-4(3-10)6(9)7(5)11/h1-2,10-11H,3H2. The predicted octanol–water partition coefficient (Wildman–Crippen LogP) is 2.30. The van der Waals surface area contributed by atoms with Crippen molar-refractivity contribution in [3.05, 3.63) is 27.2 Å². The number of phenols is 1. The number of aliphatic hydroxyl groups excluding tert-OH is 1. The van der Waals surface area contributed by atoms with Crippen LogP contribution in [0.1, 0.15) is 5.56 Å². The molecule has 1 rings (SSSR count). The quantitative estimate of drug-likeness (QED) is 0.787. The summed E-state index contributed by atoms with van der Waals surface area (Å²) in [6.07, 6.45) is 0. The second kappa shape index (κ2) is 3.43. The van der Waals surface area contributed by atoms with Crippen molar-refractivity contribution in [2.45, 2.75) is 6.61 Å². The lowest BCUT2D eigenvalue weighted by molar-refractivity contribution is 0.281. The van der Waals surface area contributed by atoms with Gasteiger partial charge in [0.05, 0.1) is 16.1 Å². The lowest BCUT2D eigenvalue weighted by atomic mass is 10.2. The largest absolute Gasteiger partial charge is 0.505 e. The molecule has 11 heavy (non-hydrogen) atoms. The summed E-state index contributed by atoms with van der Waals surface area (Å²) >= 11 is 8.75. The van der Waals surface area contributed by atoms with Crippen LogP contribution in [-0.4, -0.2) is 10.2 Å². The highest BCUT2D eigenvalue weighted by Crippen LogP contribution is 2.34. The van der Waals surface area contributed by atoms with E-state index >= 15 is 0 Å². The molecule has 0 heterocycles. The molecular weight excluding hydrogens is 231 g/mol. The third-order valence-corrected chi connectivity index (χ3v) is 2.38. The summed E-state index contributed by atoms with van der Waals surface area (Å²) in [5, 5.41) is 18.1. The number of aliphatic hydroxyl groups is 1. The lowest BCUT2D eigenvalue weighted by Crippen LogP contribution is -1.84. The van der Waals surface area contributed by atoms with Gasteiger partial charge in [-0.3, -0.25) is 0 Å². The van der Waals surface area contributed by atoms with E-state index in [2.05, 4.69) is 15.9 Å². The van der Waals surface area contributed by atoms with Gasteiger partial charge in [-0.05, 0) is 27.6 Å². The van der Waals surface area contributed by atoms with E-state index in [1.165, 1.54) is 0 Å². The maximum atomic E-state index is 9.23. The molecule has 0 saturated carbocycles. The summed E-state index contributed by atoms with van der Waals surface area (Å²) in [7, 11) is 0. The second-order valence-corrected chi connectivity index (χ2v) is 3.26. The summed E-state index contributed by atoms with van der Waals surface area (Å²) in [6, 6.07) is 3.28. The Balaban J connectivity index is 3.25. The maximum absolute atomic E-state index is 9.23. The Kier molecular flexibility index (Phi) is 2.76. The van der Waals surface area contributed by atoms with Crippen LogP contribution in [0, 0.1) is 0 Å². The molecule has 0 aliphatic rings.